The predicted molar refractivity (Wildman–Crippen MR) is 75.3 cm³/mol. The summed E-state index contributed by atoms with van der Waals surface area (Å²) >= 11 is 0. The zero-order chi connectivity index (χ0) is 13.7. The van der Waals surface area contributed by atoms with E-state index >= 15 is 0 Å². The van der Waals surface area contributed by atoms with Gasteiger partial charge in [-0.2, -0.15) is 0 Å². The number of hydrogen-bond donors (Lipinski definition) is 2. The van der Waals surface area contributed by atoms with E-state index in [0.717, 1.165) is 6.42 Å². The summed E-state index contributed by atoms with van der Waals surface area (Å²) in [6.45, 7) is 9.39. The first-order chi connectivity index (χ1) is 8.47. The van der Waals surface area contributed by atoms with Crippen molar-refractivity contribution in [2.45, 2.75) is 40.7 Å². The zero-order valence-corrected chi connectivity index (χ0v) is 11.8. The van der Waals surface area contributed by atoms with Crippen LogP contribution >= 0.6 is 0 Å². The fourth-order valence-electron chi connectivity index (χ4n) is 1.94. The summed E-state index contributed by atoms with van der Waals surface area (Å²) in [6, 6.07) is 4.19. The minimum atomic E-state index is -0.0122. The number of hydrogen-bond acceptors (Lipinski definition) is 2. The van der Waals surface area contributed by atoms with Crippen LogP contribution in [-0.4, -0.2) is 12.5 Å². The Hall–Kier alpha value is -1.35. The Morgan fingerprint density at radius 1 is 1.28 bits per heavy atom. The van der Waals surface area contributed by atoms with Crippen LogP contribution in [0, 0.1) is 26.7 Å². The van der Waals surface area contributed by atoms with Crippen LogP contribution in [0.15, 0.2) is 12.1 Å². The highest BCUT2D eigenvalue weighted by Gasteiger charge is 2.12. The predicted octanol–water partition coefficient (Wildman–Crippen LogP) is 2.21. The Balaban J connectivity index is 2.64. The number of nitrogens with two attached hydrogens (primary N) is 1. The molecule has 1 aromatic carbocycles. The average Bonchev–Trinajstić information content (AvgIpc) is 2.35. The van der Waals surface area contributed by atoms with Crippen LogP contribution in [0.4, 0.5) is 0 Å². The van der Waals surface area contributed by atoms with Gasteiger partial charge in [0.15, 0.2) is 0 Å². The quantitative estimate of drug-likeness (QED) is 0.839. The third-order valence-electron chi connectivity index (χ3n) is 3.67. The Morgan fingerprint density at radius 2 is 1.94 bits per heavy atom. The van der Waals surface area contributed by atoms with Crippen LogP contribution in [0.5, 0.6) is 0 Å². The first-order valence-electron chi connectivity index (χ1n) is 6.50. The Kier molecular flexibility index (Phi) is 5.35. The molecule has 0 aliphatic carbocycles. The number of carbonyl (C=O) groups is 1. The van der Waals surface area contributed by atoms with E-state index in [4.69, 9.17) is 5.73 Å². The Bertz CT molecular complexity index is 427. The van der Waals surface area contributed by atoms with Gasteiger partial charge >= 0.3 is 0 Å². The number of rotatable bonds is 5. The van der Waals surface area contributed by atoms with E-state index in [9.17, 15) is 4.79 Å². The number of aryl methyl sites for hydroxylation is 1. The summed E-state index contributed by atoms with van der Waals surface area (Å²) in [5.74, 6) is 0.0694. The molecule has 1 atom stereocenters. The number of nitrogens with one attached hydrogen (secondary N) is 1. The van der Waals surface area contributed by atoms with Crippen LogP contribution in [0.25, 0.3) is 0 Å². The summed E-state index contributed by atoms with van der Waals surface area (Å²) in [7, 11) is 0. The van der Waals surface area contributed by atoms with E-state index in [1.807, 2.05) is 6.92 Å². The molecule has 0 spiro atoms. The van der Waals surface area contributed by atoms with E-state index < -0.39 is 0 Å². The lowest BCUT2D eigenvalue weighted by atomic mass is 9.98. The monoisotopic (exact) mass is 248 g/mol. The lowest BCUT2D eigenvalue weighted by Gasteiger charge is -2.14. The van der Waals surface area contributed by atoms with Gasteiger partial charge in [-0.3, -0.25) is 4.79 Å². The number of carbonyl (C=O) groups excluding carboxylic acids is 1. The fourth-order valence-corrected chi connectivity index (χ4v) is 1.94. The first-order valence-corrected chi connectivity index (χ1v) is 6.50. The summed E-state index contributed by atoms with van der Waals surface area (Å²) in [5, 5.41) is 2.98. The lowest BCUT2D eigenvalue weighted by molar-refractivity contribution is -0.124. The Labute approximate surface area is 110 Å². The molecule has 0 aromatic heterocycles. The van der Waals surface area contributed by atoms with Crippen molar-refractivity contribution in [1.29, 1.82) is 0 Å². The van der Waals surface area contributed by atoms with Gasteiger partial charge in [-0.25, -0.2) is 0 Å². The molecule has 0 heterocycles. The summed E-state index contributed by atoms with van der Waals surface area (Å²) in [5.41, 5.74) is 10.5. The van der Waals surface area contributed by atoms with Gasteiger partial charge in [0.25, 0.3) is 0 Å². The van der Waals surface area contributed by atoms with Gasteiger partial charge in [0.2, 0.25) is 5.91 Å². The summed E-state index contributed by atoms with van der Waals surface area (Å²) < 4.78 is 0. The van der Waals surface area contributed by atoms with Crippen LogP contribution in [-0.2, 0) is 11.3 Å². The highest BCUT2D eigenvalue weighted by atomic mass is 16.1. The van der Waals surface area contributed by atoms with Gasteiger partial charge in [0.1, 0.15) is 0 Å². The van der Waals surface area contributed by atoms with Crippen molar-refractivity contribution in [2.75, 3.05) is 6.54 Å². The van der Waals surface area contributed by atoms with E-state index in [-0.39, 0.29) is 11.8 Å². The molecule has 1 amide bonds. The highest BCUT2D eigenvalue weighted by Crippen LogP contribution is 2.17. The molecule has 1 aromatic rings. The van der Waals surface area contributed by atoms with Crippen LogP contribution in [0.3, 0.4) is 0 Å². The van der Waals surface area contributed by atoms with Crippen molar-refractivity contribution >= 4 is 5.91 Å². The topological polar surface area (TPSA) is 55.1 Å². The van der Waals surface area contributed by atoms with Gasteiger partial charge < -0.3 is 11.1 Å². The Morgan fingerprint density at radius 3 is 2.56 bits per heavy atom. The van der Waals surface area contributed by atoms with Crippen molar-refractivity contribution in [3.8, 4) is 0 Å². The lowest BCUT2D eigenvalue weighted by Crippen LogP contribution is -2.30. The number of amides is 1. The molecular formula is C15H24N2O. The van der Waals surface area contributed by atoms with E-state index in [2.05, 4.69) is 38.2 Å². The summed E-state index contributed by atoms with van der Waals surface area (Å²) in [6.07, 6.45) is 0.734. The molecule has 18 heavy (non-hydrogen) atoms. The maximum atomic E-state index is 11.8. The van der Waals surface area contributed by atoms with Gasteiger partial charge in [-0.15, -0.1) is 0 Å². The number of benzene rings is 1. The normalized spacial score (nSPS) is 12.3. The molecule has 100 valence electrons. The van der Waals surface area contributed by atoms with Crippen LogP contribution in [0.2, 0.25) is 0 Å². The third kappa shape index (κ3) is 3.57. The van der Waals surface area contributed by atoms with Crippen molar-refractivity contribution in [3.63, 3.8) is 0 Å². The molecule has 3 N–H and O–H groups in total. The van der Waals surface area contributed by atoms with Gasteiger partial charge in [0.05, 0.1) is 0 Å². The maximum Gasteiger partial charge on any atom is 0.223 e. The second-order valence-electron chi connectivity index (χ2n) is 4.99. The molecule has 0 radical (unpaired) electrons. The molecule has 1 rings (SSSR count). The summed E-state index contributed by atoms with van der Waals surface area (Å²) in [4.78, 5) is 11.8. The van der Waals surface area contributed by atoms with Gasteiger partial charge in [-0.1, -0.05) is 19.1 Å². The molecule has 1 unspecified atom stereocenters. The molecule has 0 aliphatic rings. The molecule has 0 saturated carbocycles. The van der Waals surface area contributed by atoms with Crippen molar-refractivity contribution in [1.82, 2.24) is 5.32 Å². The first kappa shape index (κ1) is 14.7. The van der Waals surface area contributed by atoms with Crippen molar-refractivity contribution in [3.05, 3.63) is 34.4 Å². The van der Waals surface area contributed by atoms with Gasteiger partial charge in [-0.05, 0) is 56.0 Å². The standard InChI is InChI=1S/C15H24N2O/c1-10-5-6-14(13(4)12(10)3)9-17-15(18)11(2)7-8-16/h5-6,11H,7-9,16H2,1-4H3,(H,17,18). The highest BCUT2D eigenvalue weighted by molar-refractivity contribution is 5.78. The third-order valence-corrected chi connectivity index (χ3v) is 3.67. The van der Waals surface area contributed by atoms with Crippen molar-refractivity contribution in [2.24, 2.45) is 11.7 Å². The smallest absolute Gasteiger partial charge is 0.223 e. The molecule has 0 aliphatic heterocycles. The fraction of sp³-hybridized carbons (Fsp3) is 0.533. The maximum absolute atomic E-state index is 11.8. The van der Waals surface area contributed by atoms with E-state index in [0.29, 0.717) is 13.1 Å². The minimum absolute atomic E-state index is 0.0122. The van der Waals surface area contributed by atoms with Crippen LogP contribution < -0.4 is 11.1 Å². The van der Waals surface area contributed by atoms with Gasteiger partial charge in [0, 0.05) is 12.5 Å². The molecule has 0 bridgehead atoms. The largest absolute Gasteiger partial charge is 0.352 e. The zero-order valence-electron chi connectivity index (χ0n) is 11.8. The van der Waals surface area contributed by atoms with E-state index in [1.54, 1.807) is 0 Å². The second-order valence-corrected chi connectivity index (χ2v) is 4.99. The molecule has 0 fully saturated rings. The van der Waals surface area contributed by atoms with Crippen LogP contribution in [0.1, 0.15) is 35.6 Å². The average molecular weight is 248 g/mol. The molecular weight excluding hydrogens is 224 g/mol. The second kappa shape index (κ2) is 6.55. The van der Waals surface area contributed by atoms with E-state index in [1.165, 1.54) is 22.3 Å². The minimum Gasteiger partial charge on any atom is -0.352 e. The SMILES string of the molecule is Cc1ccc(CNC(=O)C(C)CCN)c(C)c1C. The molecule has 0 saturated heterocycles. The molecule has 3 nitrogen and oxygen atoms in total. The van der Waals surface area contributed by atoms with Crippen molar-refractivity contribution < 1.29 is 4.79 Å². The molecule has 3 heteroatoms.